The third kappa shape index (κ3) is 3.22. The van der Waals surface area contributed by atoms with Crippen molar-refractivity contribution < 1.29 is 14.2 Å². The molecule has 0 aromatic heterocycles. The number of hydrogen-bond donors (Lipinski definition) is 1. The first-order valence-corrected chi connectivity index (χ1v) is 6.54. The van der Waals surface area contributed by atoms with Gasteiger partial charge < -0.3 is 9.84 Å². The lowest BCUT2D eigenvalue weighted by atomic mass is 9.86. The molecule has 0 aliphatic heterocycles. The Labute approximate surface area is 113 Å². The van der Waals surface area contributed by atoms with E-state index in [1.165, 1.54) is 6.07 Å². The molecule has 0 bridgehead atoms. The zero-order chi connectivity index (χ0) is 13.8. The van der Waals surface area contributed by atoms with Crippen LogP contribution in [0, 0.1) is 5.82 Å². The second kappa shape index (κ2) is 6.50. The molecule has 0 saturated carbocycles. The molecule has 0 saturated heterocycles. The molecule has 1 aromatic carbocycles. The van der Waals surface area contributed by atoms with Crippen molar-refractivity contribution in [1.82, 2.24) is 0 Å². The Balaban J connectivity index is 2.85. The maximum atomic E-state index is 13.0. The van der Waals surface area contributed by atoms with E-state index in [1.807, 2.05) is 13.8 Å². The molecule has 102 valence electrons. The molecule has 0 heterocycles. The molecule has 4 heteroatoms. The second-order valence-corrected chi connectivity index (χ2v) is 4.85. The first-order valence-electron chi connectivity index (χ1n) is 6.16. The first kappa shape index (κ1) is 15.4. The largest absolute Gasteiger partial charge is 0.390 e. The molecule has 0 amide bonds. The van der Waals surface area contributed by atoms with Crippen LogP contribution in [0.15, 0.2) is 18.2 Å². The third-order valence-electron chi connectivity index (χ3n) is 3.62. The van der Waals surface area contributed by atoms with Gasteiger partial charge >= 0.3 is 0 Å². The molecule has 1 aromatic rings. The predicted molar refractivity (Wildman–Crippen MR) is 71.4 cm³/mol. The summed E-state index contributed by atoms with van der Waals surface area (Å²) in [6.45, 7) is 3.96. The van der Waals surface area contributed by atoms with E-state index in [1.54, 1.807) is 19.2 Å². The van der Waals surface area contributed by atoms with Gasteiger partial charge in [0.2, 0.25) is 0 Å². The first-order chi connectivity index (χ1) is 8.49. The molecule has 18 heavy (non-hydrogen) atoms. The summed E-state index contributed by atoms with van der Waals surface area (Å²) in [5.41, 5.74) is 0.248. The lowest BCUT2D eigenvalue weighted by Crippen LogP contribution is -2.44. The summed E-state index contributed by atoms with van der Waals surface area (Å²) in [7, 11) is 1.61. The van der Waals surface area contributed by atoms with E-state index in [-0.39, 0.29) is 5.02 Å². The van der Waals surface area contributed by atoms with Gasteiger partial charge in [-0.25, -0.2) is 4.39 Å². The van der Waals surface area contributed by atoms with E-state index in [4.69, 9.17) is 16.3 Å². The Hall–Kier alpha value is -0.640. The number of benzene rings is 1. The maximum absolute atomic E-state index is 13.0. The van der Waals surface area contributed by atoms with Crippen LogP contribution >= 0.6 is 11.6 Å². The van der Waals surface area contributed by atoms with Gasteiger partial charge in [-0.05, 0) is 30.5 Å². The van der Waals surface area contributed by atoms with Crippen molar-refractivity contribution in [3.8, 4) is 0 Å². The summed E-state index contributed by atoms with van der Waals surface area (Å²) >= 11 is 5.73. The highest BCUT2D eigenvalue weighted by atomic mass is 35.5. The van der Waals surface area contributed by atoms with E-state index >= 15 is 0 Å². The number of methoxy groups -OCH3 is 1. The van der Waals surface area contributed by atoms with Crippen molar-refractivity contribution in [2.45, 2.75) is 44.8 Å². The van der Waals surface area contributed by atoms with Gasteiger partial charge in [0.15, 0.2) is 0 Å². The highest BCUT2D eigenvalue weighted by Gasteiger charge is 2.34. The highest BCUT2D eigenvalue weighted by molar-refractivity contribution is 6.30. The molecule has 1 atom stereocenters. The number of aliphatic hydroxyl groups is 1. The number of hydrogen-bond acceptors (Lipinski definition) is 2. The van der Waals surface area contributed by atoms with Crippen LogP contribution in [0.1, 0.15) is 32.3 Å². The molecular weight excluding hydrogens is 255 g/mol. The second-order valence-electron chi connectivity index (χ2n) is 4.44. The van der Waals surface area contributed by atoms with Crippen molar-refractivity contribution >= 4 is 11.6 Å². The Morgan fingerprint density at radius 2 is 2.00 bits per heavy atom. The Morgan fingerprint density at radius 1 is 1.39 bits per heavy atom. The van der Waals surface area contributed by atoms with Crippen molar-refractivity contribution in [2.75, 3.05) is 7.11 Å². The number of ether oxygens (including phenoxy) is 1. The standard InChI is InChI=1S/C14H20ClFO2/c1-4-14(5-2,18-3)13(17)9-10-6-7-12(16)11(15)8-10/h6-8,13,17H,4-5,9H2,1-3H3. The lowest BCUT2D eigenvalue weighted by Gasteiger charge is -2.35. The SMILES string of the molecule is CCC(CC)(OC)C(O)Cc1ccc(F)c(Cl)c1. The van der Waals surface area contributed by atoms with E-state index < -0.39 is 17.5 Å². The molecule has 0 aliphatic carbocycles. The van der Waals surface area contributed by atoms with Crippen LogP contribution in [0.3, 0.4) is 0 Å². The summed E-state index contributed by atoms with van der Waals surface area (Å²) in [5.74, 6) is -0.445. The minimum absolute atomic E-state index is 0.0794. The Bertz CT molecular complexity index is 383. The molecular formula is C14H20ClFO2. The van der Waals surface area contributed by atoms with Gasteiger partial charge in [0.1, 0.15) is 5.82 Å². The third-order valence-corrected chi connectivity index (χ3v) is 3.91. The zero-order valence-corrected chi connectivity index (χ0v) is 11.8. The van der Waals surface area contributed by atoms with Crippen LogP contribution in [-0.2, 0) is 11.2 Å². The summed E-state index contributed by atoms with van der Waals surface area (Å²) in [6, 6.07) is 4.50. The van der Waals surface area contributed by atoms with Gasteiger partial charge in [0, 0.05) is 13.5 Å². The van der Waals surface area contributed by atoms with Crippen LogP contribution in [0.4, 0.5) is 4.39 Å². The minimum Gasteiger partial charge on any atom is -0.390 e. The van der Waals surface area contributed by atoms with Crippen molar-refractivity contribution in [1.29, 1.82) is 0 Å². The highest BCUT2D eigenvalue weighted by Crippen LogP contribution is 2.27. The molecule has 1 unspecified atom stereocenters. The summed E-state index contributed by atoms with van der Waals surface area (Å²) < 4.78 is 18.5. The smallest absolute Gasteiger partial charge is 0.141 e. The Morgan fingerprint density at radius 3 is 2.44 bits per heavy atom. The van der Waals surface area contributed by atoms with Gasteiger partial charge in [-0.15, -0.1) is 0 Å². The fourth-order valence-corrected chi connectivity index (χ4v) is 2.42. The number of aliphatic hydroxyl groups excluding tert-OH is 1. The van der Waals surface area contributed by atoms with Gasteiger partial charge in [0.05, 0.1) is 16.7 Å². The minimum atomic E-state index is -0.640. The fourth-order valence-electron chi connectivity index (χ4n) is 2.22. The predicted octanol–water partition coefficient (Wildman–Crippen LogP) is 3.59. The topological polar surface area (TPSA) is 29.5 Å². The molecule has 1 rings (SSSR count). The van der Waals surface area contributed by atoms with E-state index in [2.05, 4.69) is 0 Å². The molecule has 0 aliphatic rings. The lowest BCUT2D eigenvalue weighted by molar-refractivity contribution is -0.106. The van der Waals surface area contributed by atoms with Crippen LogP contribution in [0.2, 0.25) is 5.02 Å². The maximum Gasteiger partial charge on any atom is 0.141 e. The molecule has 0 spiro atoms. The molecule has 1 N–H and O–H groups in total. The fraction of sp³-hybridized carbons (Fsp3) is 0.571. The zero-order valence-electron chi connectivity index (χ0n) is 11.0. The average molecular weight is 275 g/mol. The van der Waals surface area contributed by atoms with Crippen LogP contribution in [0.5, 0.6) is 0 Å². The summed E-state index contributed by atoms with van der Waals surface area (Å²) in [5, 5.41) is 10.4. The van der Waals surface area contributed by atoms with E-state index in [0.29, 0.717) is 6.42 Å². The van der Waals surface area contributed by atoms with E-state index in [0.717, 1.165) is 18.4 Å². The van der Waals surface area contributed by atoms with Crippen molar-refractivity contribution in [3.63, 3.8) is 0 Å². The molecule has 0 radical (unpaired) electrons. The van der Waals surface area contributed by atoms with Gasteiger partial charge in [0.25, 0.3) is 0 Å². The number of rotatable bonds is 6. The number of halogens is 2. The van der Waals surface area contributed by atoms with Crippen LogP contribution < -0.4 is 0 Å². The summed E-state index contributed by atoms with van der Waals surface area (Å²) in [4.78, 5) is 0. The molecule has 0 fully saturated rings. The van der Waals surface area contributed by atoms with Gasteiger partial charge in [-0.1, -0.05) is 31.5 Å². The average Bonchev–Trinajstić information content (AvgIpc) is 2.37. The van der Waals surface area contributed by atoms with Gasteiger partial charge in [-0.3, -0.25) is 0 Å². The monoisotopic (exact) mass is 274 g/mol. The Kier molecular flexibility index (Phi) is 5.57. The van der Waals surface area contributed by atoms with E-state index in [9.17, 15) is 9.50 Å². The molecule has 2 nitrogen and oxygen atoms in total. The van der Waals surface area contributed by atoms with Gasteiger partial charge in [-0.2, -0.15) is 0 Å². The van der Waals surface area contributed by atoms with Crippen molar-refractivity contribution in [3.05, 3.63) is 34.6 Å². The quantitative estimate of drug-likeness (QED) is 0.859. The van der Waals surface area contributed by atoms with Crippen molar-refractivity contribution in [2.24, 2.45) is 0 Å². The normalized spacial score (nSPS) is 13.7. The van der Waals surface area contributed by atoms with Crippen LogP contribution in [-0.4, -0.2) is 23.9 Å². The van der Waals surface area contributed by atoms with Crippen LogP contribution in [0.25, 0.3) is 0 Å². The summed E-state index contributed by atoms with van der Waals surface area (Å²) in [6.07, 6.45) is 1.20.